The van der Waals surface area contributed by atoms with Crippen molar-refractivity contribution in [2.45, 2.75) is 45.6 Å². The minimum atomic E-state index is -0.463. The van der Waals surface area contributed by atoms with Crippen LogP contribution in [0.15, 0.2) is 0 Å². The van der Waals surface area contributed by atoms with E-state index in [-0.39, 0.29) is 12.0 Å². The summed E-state index contributed by atoms with van der Waals surface area (Å²) in [6.45, 7) is 6.82. The number of rotatable bonds is 0. The Morgan fingerprint density at radius 2 is 2.06 bits per heavy atom. The number of hydrogen-bond acceptors (Lipinski definition) is 3. The maximum atomic E-state index is 11.9. The number of amides is 1. The summed E-state index contributed by atoms with van der Waals surface area (Å²) in [6, 6.07) is 0. The first-order valence-electron chi connectivity index (χ1n) is 6.37. The van der Waals surface area contributed by atoms with E-state index in [0.29, 0.717) is 31.2 Å². The summed E-state index contributed by atoms with van der Waals surface area (Å²) in [6.07, 6.45) is 2.45. The summed E-state index contributed by atoms with van der Waals surface area (Å²) in [5, 5.41) is 0. The monoisotopic (exact) mass is 239 g/mol. The first-order valence-corrected chi connectivity index (χ1v) is 6.37. The fraction of sp³-hybridized carbons (Fsp3) is 0.846. The molecule has 4 nitrogen and oxygen atoms in total. The lowest BCUT2D eigenvalue weighted by molar-refractivity contribution is -0.125. The van der Waals surface area contributed by atoms with Gasteiger partial charge in [-0.3, -0.25) is 4.79 Å². The van der Waals surface area contributed by atoms with E-state index in [0.717, 1.165) is 12.8 Å². The lowest BCUT2D eigenvalue weighted by atomic mass is 9.81. The second-order valence-corrected chi connectivity index (χ2v) is 6.11. The lowest BCUT2D eigenvalue weighted by Crippen LogP contribution is -2.35. The van der Waals surface area contributed by atoms with Gasteiger partial charge in [-0.15, -0.1) is 0 Å². The molecule has 0 spiro atoms. The van der Waals surface area contributed by atoms with Crippen molar-refractivity contribution in [1.29, 1.82) is 0 Å². The second kappa shape index (κ2) is 4.31. The van der Waals surface area contributed by atoms with Crippen LogP contribution >= 0.6 is 0 Å². The van der Waals surface area contributed by atoms with Gasteiger partial charge in [-0.05, 0) is 39.5 Å². The molecule has 1 amide bonds. The van der Waals surface area contributed by atoms with Gasteiger partial charge in [0, 0.05) is 25.4 Å². The summed E-state index contributed by atoms with van der Waals surface area (Å²) < 4.78 is 5.34. The van der Waals surface area contributed by atoms with E-state index in [9.17, 15) is 9.59 Å². The standard InChI is InChI=1S/C13H21NO3/c1-13(2,3)17-12(16)14-7-9-5-4-6-11(15)10(9)8-14/h9-10H,4-8H2,1-3H3. The summed E-state index contributed by atoms with van der Waals surface area (Å²) in [4.78, 5) is 25.4. The highest BCUT2D eigenvalue weighted by Crippen LogP contribution is 2.34. The van der Waals surface area contributed by atoms with Gasteiger partial charge in [0.15, 0.2) is 0 Å². The Morgan fingerprint density at radius 3 is 2.65 bits per heavy atom. The molecule has 0 bridgehead atoms. The third-order valence-corrected chi connectivity index (χ3v) is 3.50. The Labute approximate surface area is 102 Å². The van der Waals surface area contributed by atoms with Gasteiger partial charge >= 0.3 is 6.09 Å². The second-order valence-electron chi connectivity index (χ2n) is 6.11. The zero-order chi connectivity index (χ0) is 12.6. The fourth-order valence-corrected chi connectivity index (χ4v) is 2.73. The predicted octanol–water partition coefficient (Wildman–Crippen LogP) is 2.22. The highest BCUT2D eigenvalue weighted by Gasteiger charge is 2.42. The van der Waals surface area contributed by atoms with Gasteiger partial charge in [-0.1, -0.05) is 0 Å². The molecule has 96 valence electrons. The van der Waals surface area contributed by atoms with E-state index < -0.39 is 5.60 Å². The third-order valence-electron chi connectivity index (χ3n) is 3.50. The Kier molecular flexibility index (Phi) is 3.15. The van der Waals surface area contributed by atoms with Crippen molar-refractivity contribution in [2.24, 2.45) is 11.8 Å². The molecular formula is C13H21NO3. The molecule has 2 aliphatic rings. The van der Waals surface area contributed by atoms with Gasteiger partial charge in [-0.2, -0.15) is 0 Å². The number of fused-ring (bicyclic) bond motifs is 1. The first-order chi connectivity index (χ1) is 7.87. The molecule has 0 aromatic carbocycles. The molecule has 1 saturated heterocycles. The highest BCUT2D eigenvalue weighted by molar-refractivity contribution is 5.83. The minimum Gasteiger partial charge on any atom is -0.444 e. The summed E-state index contributed by atoms with van der Waals surface area (Å²) in [5.41, 5.74) is -0.463. The predicted molar refractivity (Wildman–Crippen MR) is 63.6 cm³/mol. The fourth-order valence-electron chi connectivity index (χ4n) is 2.73. The van der Waals surface area contributed by atoms with Gasteiger partial charge in [0.05, 0.1) is 0 Å². The molecule has 2 rings (SSSR count). The number of hydrogen-bond donors (Lipinski definition) is 0. The number of ether oxygens (including phenoxy) is 1. The van der Waals surface area contributed by atoms with E-state index in [1.807, 2.05) is 20.8 Å². The summed E-state index contributed by atoms with van der Waals surface area (Å²) in [5.74, 6) is 0.757. The zero-order valence-electron chi connectivity index (χ0n) is 10.9. The normalized spacial score (nSPS) is 29.1. The minimum absolute atomic E-state index is 0.0660. The van der Waals surface area contributed by atoms with E-state index in [1.54, 1.807) is 4.90 Å². The number of likely N-dealkylation sites (tertiary alicyclic amines) is 1. The van der Waals surface area contributed by atoms with Crippen molar-refractivity contribution in [1.82, 2.24) is 4.90 Å². The van der Waals surface area contributed by atoms with Gasteiger partial charge < -0.3 is 9.64 Å². The molecule has 0 radical (unpaired) electrons. The van der Waals surface area contributed by atoms with Gasteiger partial charge in [0.2, 0.25) is 0 Å². The molecule has 2 fully saturated rings. The first kappa shape index (κ1) is 12.4. The van der Waals surface area contributed by atoms with Crippen molar-refractivity contribution < 1.29 is 14.3 Å². The van der Waals surface area contributed by atoms with Crippen LogP contribution in [0.25, 0.3) is 0 Å². The van der Waals surface area contributed by atoms with Gasteiger partial charge in [0.25, 0.3) is 0 Å². The van der Waals surface area contributed by atoms with Crippen molar-refractivity contribution in [3.63, 3.8) is 0 Å². The topological polar surface area (TPSA) is 46.6 Å². The molecule has 1 aliphatic carbocycles. The summed E-state index contributed by atoms with van der Waals surface area (Å²) >= 11 is 0. The smallest absolute Gasteiger partial charge is 0.410 e. The van der Waals surface area contributed by atoms with Crippen molar-refractivity contribution >= 4 is 11.9 Å². The number of carbonyl (C=O) groups is 2. The molecule has 1 heterocycles. The Balaban J connectivity index is 1.97. The SMILES string of the molecule is CC(C)(C)OC(=O)N1CC2CCCC(=O)C2C1. The number of Topliss-reactive ketones (excluding diaryl/α,β-unsaturated/α-hetero) is 1. The average Bonchev–Trinajstić information content (AvgIpc) is 2.60. The zero-order valence-corrected chi connectivity index (χ0v) is 10.9. The molecule has 1 aliphatic heterocycles. The molecule has 4 heteroatoms. The van der Waals surface area contributed by atoms with Crippen LogP contribution < -0.4 is 0 Å². The van der Waals surface area contributed by atoms with Crippen molar-refractivity contribution in [3.8, 4) is 0 Å². The van der Waals surface area contributed by atoms with Crippen LogP contribution in [0.4, 0.5) is 4.79 Å². The molecule has 0 aromatic heterocycles. The molecule has 2 atom stereocenters. The molecule has 2 unspecified atom stereocenters. The Morgan fingerprint density at radius 1 is 1.35 bits per heavy atom. The van der Waals surface area contributed by atoms with Crippen molar-refractivity contribution in [3.05, 3.63) is 0 Å². The van der Waals surface area contributed by atoms with Gasteiger partial charge in [0.1, 0.15) is 11.4 Å². The Bertz CT molecular complexity index is 332. The van der Waals surface area contributed by atoms with Crippen LogP contribution in [0.5, 0.6) is 0 Å². The molecule has 17 heavy (non-hydrogen) atoms. The van der Waals surface area contributed by atoms with E-state index in [1.165, 1.54) is 0 Å². The molecule has 0 N–H and O–H groups in total. The van der Waals surface area contributed by atoms with Gasteiger partial charge in [-0.25, -0.2) is 4.79 Å². The van der Waals surface area contributed by atoms with Crippen molar-refractivity contribution in [2.75, 3.05) is 13.1 Å². The lowest BCUT2D eigenvalue weighted by Gasteiger charge is -2.24. The van der Waals surface area contributed by atoms with Crippen LogP contribution in [-0.2, 0) is 9.53 Å². The number of carbonyl (C=O) groups excluding carboxylic acids is 2. The number of nitrogens with zero attached hydrogens (tertiary/aromatic N) is 1. The highest BCUT2D eigenvalue weighted by atomic mass is 16.6. The third kappa shape index (κ3) is 2.79. The summed E-state index contributed by atoms with van der Waals surface area (Å²) in [7, 11) is 0. The molecular weight excluding hydrogens is 218 g/mol. The maximum absolute atomic E-state index is 11.9. The van der Waals surface area contributed by atoms with Crippen LogP contribution in [0.3, 0.4) is 0 Å². The van der Waals surface area contributed by atoms with Crippen LogP contribution in [0.1, 0.15) is 40.0 Å². The van der Waals surface area contributed by atoms with E-state index in [4.69, 9.17) is 4.74 Å². The van der Waals surface area contributed by atoms with Crippen LogP contribution in [0, 0.1) is 11.8 Å². The largest absolute Gasteiger partial charge is 0.444 e. The maximum Gasteiger partial charge on any atom is 0.410 e. The molecule has 0 aromatic rings. The number of ketones is 1. The quantitative estimate of drug-likeness (QED) is 0.651. The molecule has 1 saturated carbocycles. The van der Waals surface area contributed by atoms with Crippen LogP contribution in [-0.4, -0.2) is 35.5 Å². The Hall–Kier alpha value is -1.06. The average molecular weight is 239 g/mol. The van der Waals surface area contributed by atoms with E-state index in [2.05, 4.69) is 0 Å². The van der Waals surface area contributed by atoms with E-state index >= 15 is 0 Å². The van der Waals surface area contributed by atoms with Crippen LogP contribution in [0.2, 0.25) is 0 Å².